The van der Waals surface area contributed by atoms with Crippen molar-refractivity contribution in [3.05, 3.63) is 64.2 Å². The van der Waals surface area contributed by atoms with Gasteiger partial charge in [-0.2, -0.15) is 0 Å². The van der Waals surface area contributed by atoms with Crippen molar-refractivity contribution in [2.45, 2.75) is 13.0 Å². The van der Waals surface area contributed by atoms with Gasteiger partial charge in [-0.1, -0.05) is 29.8 Å². The minimum absolute atomic E-state index is 0. The number of nitrogen functional groups attached to an aromatic ring is 1. The maximum atomic E-state index is 12.8. The van der Waals surface area contributed by atoms with E-state index in [-0.39, 0.29) is 24.4 Å². The van der Waals surface area contributed by atoms with Crippen LogP contribution < -0.4 is 5.73 Å². The molecule has 1 fully saturated rings. The third-order valence-electron chi connectivity index (χ3n) is 4.09. The van der Waals surface area contributed by atoms with Gasteiger partial charge in [0.2, 0.25) is 0 Å². The zero-order valence-corrected chi connectivity index (χ0v) is 14.9. The largest absolute Gasteiger partial charge is 0.399 e. The van der Waals surface area contributed by atoms with Gasteiger partial charge in [-0.05, 0) is 42.3 Å². The SMILES string of the molecule is Cc1ccc(N)cc1C(=O)N1CCOC(c2ccc(Cl)cc2)C1.Cl. The van der Waals surface area contributed by atoms with Gasteiger partial charge in [0.15, 0.2) is 0 Å². The fourth-order valence-corrected chi connectivity index (χ4v) is 2.88. The number of halogens is 2. The molecule has 0 bridgehead atoms. The second-order valence-electron chi connectivity index (χ2n) is 5.74. The monoisotopic (exact) mass is 366 g/mol. The molecule has 0 aromatic heterocycles. The van der Waals surface area contributed by atoms with Gasteiger partial charge in [-0.15, -0.1) is 12.4 Å². The van der Waals surface area contributed by atoms with Crippen LogP contribution in [0.25, 0.3) is 0 Å². The van der Waals surface area contributed by atoms with E-state index in [9.17, 15) is 4.79 Å². The first kappa shape index (κ1) is 18.6. The number of carbonyl (C=O) groups is 1. The van der Waals surface area contributed by atoms with Crippen LogP contribution in [0.4, 0.5) is 5.69 Å². The Morgan fingerprint density at radius 3 is 2.67 bits per heavy atom. The molecule has 6 heteroatoms. The number of hydrogen-bond acceptors (Lipinski definition) is 3. The number of carbonyl (C=O) groups excluding carboxylic acids is 1. The molecule has 0 spiro atoms. The number of nitrogens with two attached hydrogens (primary N) is 1. The summed E-state index contributed by atoms with van der Waals surface area (Å²) in [5.74, 6) is -0.00272. The highest BCUT2D eigenvalue weighted by atomic mass is 35.5. The van der Waals surface area contributed by atoms with Crippen LogP contribution in [0.5, 0.6) is 0 Å². The molecule has 0 saturated carbocycles. The Kier molecular flexibility index (Phi) is 6.10. The Labute approximate surface area is 153 Å². The van der Waals surface area contributed by atoms with Crippen molar-refractivity contribution in [2.75, 3.05) is 25.4 Å². The zero-order chi connectivity index (χ0) is 16.4. The molecule has 1 atom stereocenters. The molecule has 2 aromatic rings. The van der Waals surface area contributed by atoms with Crippen LogP contribution in [0.15, 0.2) is 42.5 Å². The maximum absolute atomic E-state index is 12.8. The maximum Gasteiger partial charge on any atom is 0.254 e. The molecule has 2 N–H and O–H groups in total. The number of nitrogens with zero attached hydrogens (tertiary/aromatic N) is 1. The summed E-state index contributed by atoms with van der Waals surface area (Å²) < 4.78 is 5.81. The van der Waals surface area contributed by atoms with E-state index in [1.807, 2.05) is 48.2 Å². The molecule has 0 aliphatic carbocycles. The van der Waals surface area contributed by atoms with Gasteiger partial charge in [-0.25, -0.2) is 0 Å². The molecule has 0 radical (unpaired) electrons. The van der Waals surface area contributed by atoms with Gasteiger partial charge in [0.1, 0.15) is 6.10 Å². The standard InChI is InChI=1S/C18H19ClN2O2.ClH/c1-12-2-7-15(20)10-16(12)18(22)21-8-9-23-17(11-21)13-3-5-14(19)6-4-13;/h2-7,10,17H,8-9,11,20H2,1H3;1H. The Morgan fingerprint density at radius 2 is 1.96 bits per heavy atom. The van der Waals surface area contributed by atoms with E-state index in [1.54, 1.807) is 6.07 Å². The lowest BCUT2D eigenvalue weighted by molar-refractivity contribution is -0.0228. The van der Waals surface area contributed by atoms with E-state index in [0.717, 1.165) is 11.1 Å². The molecule has 128 valence electrons. The van der Waals surface area contributed by atoms with Gasteiger partial charge in [0.25, 0.3) is 5.91 Å². The van der Waals surface area contributed by atoms with Crippen molar-refractivity contribution in [1.82, 2.24) is 4.90 Å². The number of rotatable bonds is 2. The summed E-state index contributed by atoms with van der Waals surface area (Å²) in [4.78, 5) is 14.6. The molecule has 1 aliphatic heterocycles. The highest BCUT2D eigenvalue weighted by molar-refractivity contribution is 6.30. The number of amides is 1. The predicted octanol–water partition coefficient (Wildman–Crippen LogP) is 3.87. The Morgan fingerprint density at radius 1 is 1.25 bits per heavy atom. The van der Waals surface area contributed by atoms with E-state index >= 15 is 0 Å². The number of benzene rings is 2. The molecule has 1 unspecified atom stereocenters. The van der Waals surface area contributed by atoms with Gasteiger partial charge in [0.05, 0.1) is 13.2 Å². The molecular formula is C18H20Cl2N2O2. The quantitative estimate of drug-likeness (QED) is 0.820. The molecule has 1 saturated heterocycles. The van der Waals surface area contributed by atoms with Crippen molar-refractivity contribution in [1.29, 1.82) is 0 Å². The van der Waals surface area contributed by atoms with Gasteiger partial charge >= 0.3 is 0 Å². The van der Waals surface area contributed by atoms with E-state index < -0.39 is 0 Å². The summed E-state index contributed by atoms with van der Waals surface area (Å²) in [7, 11) is 0. The minimum Gasteiger partial charge on any atom is -0.399 e. The number of hydrogen-bond donors (Lipinski definition) is 1. The molecule has 2 aromatic carbocycles. The van der Waals surface area contributed by atoms with E-state index in [4.69, 9.17) is 22.1 Å². The predicted molar refractivity (Wildman–Crippen MR) is 98.9 cm³/mol. The number of morpholine rings is 1. The van der Waals surface area contributed by atoms with Crippen molar-refractivity contribution < 1.29 is 9.53 Å². The summed E-state index contributed by atoms with van der Waals surface area (Å²) in [5.41, 5.74) is 9.03. The normalized spacial score (nSPS) is 17.2. The first-order chi connectivity index (χ1) is 11.0. The van der Waals surface area contributed by atoms with Crippen molar-refractivity contribution in [3.63, 3.8) is 0 Å². The van der Waals surface area contributed by atoms with Crippen LogP contribution in [0.3, 0.4) is 0 Å². The second kappa shape index (κ2) is 7.88. The highest BCUT2D eigenvalue weighted by Crippen LogP contribution is 2.25. The molecule has 1 heterocycles. The summed E-state index contributed by atoms with van der Waals surface area (Å²) in [6.07, 6.45) is -0.133. The number of ether oxygens (including phenoxy) is 1. The Balaban J connectivity index is 0.00000208. The lowest BCUT2D eigenvalue weighted by Gasteiger charge is -2.33. The second-order valence-corrected chi connectivity index (χ2v) is 6.17. The van der Waals surface area contributed by atoms with E-state index in [1.165, 1.54) is 0 Å². The average Bonchev–Trinajstić information content (AvgIpc) is 2.57. The Hall–Kier alpha value is -1.75. The molecule has 1 aliphatic rings. The fraction of sp³-hybridized carbons (Fsp3) is 0.278. The fourth-order valence-electron chi connectivity index (χ4n) is 2.75. The van der Waals surface area contributed by atoms with Gasteiger partial charge < -0.3 is 15.4 Å². The van der Waals surface area contributed by atoms with Gasteiger partial charge in [-0.3, -0.25) is 4.79 Å². The van der Waals surface area contributed by atoms with Crippen LogP contribution in [0, 0.1) is 6.92 Å². The Bertz CT molecular complexity index is 719. The molecule has 4 nitrogen and oxygen atoms in total. The number of aryl methyl sites for hydroxylation is 1. The zero-order valence-electron chi connectivity index (χ0n) is 13.4. The van der Waals surface area contributed by atoms with Crippen molar-refractivity contribution in [3.8, 4) is 0 Å². The lowest BCUT2D eigenvalue weighted by Crippen LogP contribution is -2.42. The van der Waals surface area contributed by atoms with E-state index in [2.05, 4.69) is 0 Å². The summed E-state index contributed by atoms with van der Waals surface area (Å²) >= 11 is 5.92. The molecule has 24 heavy (non-hydrogen) atoms. The molecular weight excluding hydrogens is 347 g/mol. The third kappa shape index (κ3) is 4.01. The third-order valence-corrected chi connectivity index (χ3v) is 4.34. The summed E-state index contributed by atoms with van der Waals surface area (Å²) in [5, 5.41) is 0.688. The summed E-state index contributed by atoms with van der Waals surface area (Å²) in [6.45, 7) is 3.54. The minimum atomic E-state index is -0.133. The van der Waals surface area contributed by atoms with Gasteiger partial charge in [0, 0.05) is 22.8 Å². The first-order valence-electron chi connectivity index (χ1n) is 7.57. The first-order valence-corrected chi connectivity index (χ1v) is 7.95. The van der Waals surface area contributed by atoms with E-state index in [0.29, 0.717) is 36.0 Å². The van der Waals surface area contributed by atoms with Crippen LogP contribution >= 0.6 is 24.0 Å². The van der Waals surface area contributed by atoms with Crippen LogP contribution in [0.1, 0.15) is 27.6 Å². The molecule has 1 amide bonds. The average molecular weight is 367 g/mol. The van der Waals surface area contributed by atoms with Crippen molar-refractivity contribution >= 4 is 35.6 Å². The van der Waals surface area contributed by atoms with Crippen LogP contribution in [-0.2, 0) is 4.74 Å². The molecule has 3 rings (SSSR count). The van der Waals surface area contributed by atoms with Crippen LogP contribution in [-0.4, -0.2) is 30.5 Å². The van der Waals surface area contributed by atoms with Crippen molar-refractivity contribution in [2.24, 2.45) is 0 Å². The van der Waals surface area contributed by atoms with Crippen LogP contribution in [0.2, 0.25) is 5.02 Å². The topological polar surface area (TPSA) is 55.6 Å². The smallest absolute Gasteiger partial charge is 0.254 e. The summed E-state index contributed by atoms with van der Waals surface area (Å²) in [6, 6.07) is 13.0. The number of anilines is 1. The lowest BCUT2D eigenvalue weighted by atomic mass is 10.0. The highest BCUT2D eigenvalue weighted by Gasteiger charge is 2.26.